The highest BCUT2D eigenvalue weighted by atomic mass is 32.2. The zero-order chi connectivity index (χ0) is 26.6. The van der Waals surface area contributed by atoms with Crippen LogP contribution in [0.1, 0.15) is 56.6 Å². The SMILES string of the molecule is c1cc2c3c(c1)-c1cnc[n+]4c1C3c1c(ccc3c1C41c4c(ccc5c4C4c6c(cccc6-c6cnc[n+]1c64)S5)O3)S2. The predicted octanol–water partition coefficient (Wildman–Crippen LogP) is 6.33. The maximum atomic E-state index is 6.96. The molecule has 0 fully saturated rings. The molecule has 2 atom stereocenters. The van der Waals surface area contributed by atoms with Crippen LogP contribution in [0.15, 0.2) is 105 Å². The van der Waals surface area contributed by atoms with E-state index in [0.717, 1.165) is 11.5 Å². The Morgan fingerprint density at radius 3 is 1.60 bits per heavy atom. The maximum Gasteiger partial charge on any atom is 0.313 e. The highest BCUT2D eigenvalue weighted by Gasteiger charge is 2.68. The Morgan fingerprint density at radius 2 is 1.07 bits per heavy atom. The van der Waals surface area contributed by atoms with Crippen LogP contribution in [-0.4, -0.2) is 9.97 Å². The van der Waals surface area contributed by atoms with E-state index in [1.807, 2.05) is 23.5 Å². The fourth-order valence-corrected chi connectivity index (χ4v) is 11.8. The van der Waals surface area contributed by atoms with E-state index in [1.54, 1.807) is 0 Å². The van der Waals surface area contributed by atoms with Crippen LogP contribution in [0.25, 0.3) is 22.3 Å². The van der Waals surface area contributed by atoms with Crippen LogP contribution in [0.3, 0.4) is 0 Å². The number of hydrogen-bond donors (Lipinski definition) is 0. The van der Waals surface area contributed by atoms with E-state index < -0.39 is 5.66 Å². The van der Waals surface area contributed by atoms with Gasteiger partial charge in [-0.2, -0.15) is 9.13 Å². The molecule has 7 heterocycles. The Kier molecular flexibility index (Phi) is 3.00. The second-order valence-corrected chi connectivity index (χ2v) is 14.3. The lowest BCUT2D eigenvalue weighted by molar-refractivity contribution is -0.981. The van der Waals surface area contributed by atoms with E-state index in [1.165, 1.54) is 86.6 Å². The number of rotatable bonds is 0. The van der Waals surface area contributed by atoms with Gasteiger partial charge in [-0.15, -0.1) is 0 Å². The second-order valence-electron chi connectivity index (χ2n) is 12.1. The van der Waals surface area contributed by atoms with Gasteiger partial charge in [0.1, 0.15) is 22.9 Å². The van der Waals surface area contributed by atoms with Crippen molar-refractivity contribution in [1.29, 1.82) is 0 Å². The number of nitrogens with zero attached hydrogens (tertiary/aromatic N) is 4. The minimum Gasteiger partial charge on any atom is -0.456 e. The minimum atomic E-state index is -0.705. The Balaban J connectivity index is 1.32. The first-order valence-corrected chi connectivity index (χ1v) is 15.9. The van der Waals surface area contributed by atoms with Gasteiger partial charge in [-0.3, -0.25) is 0 Å². The van der Waals surface area contributed by atoms with Gasteiger partial charge in [0, 0.05) is 19.6 Å². The molecule has 13 rings (SSSR count). The average Bonchev–Trinajstić information content (AvgIpc) is 3.56. The maximum absolute atomic E-state index is 6.96. The van der Waals surface area contributed by atoms with Gasteiger partial charge in [-0.25, -0.2) is 0 Å². The fourth-order valence-electron chi connectivity index (χ4n) is 9.43. The second kappa shape index (κ2) is 6.16. The normalized spacial score (nSPS) is 22.9. The van der Waals surface area contributed by atoms with E-state index in [2.05, 4.69) is 94.8 Å². The van der Waals surface area contributed by atoms with Crippen molar-refractivity contribution in [2.45, 2.75) is 37.1 Å². The lowest BCUT2D eigenvalue weighted by atomic mass is 9.70. The van der Waals surface area contributed by atoms with Crippen molar-refractivity contribution in [2.24, 2.45) is 0 Å². The summed E-state index contributed by atoms with van der Waals surface area (Å²) in [5.41, 5.74) is 15.1. The molecule has 0 radical (unpaired) electrons. The quantitative estimate of drug-likeness (QED) is 0.199. The van der Waals surface area contributed by atoms with E-state index >= 15 is 0 Å². The molecular weight excluding hydrogens is 557 g/mol. The zero-order valence-electron chi connectivity index (χ0n) is 21.8. The highest BCUT2D eigenvalue weighted by molar-refractivity contribution is 7.99. The molecule has 7 heteroatoms. The molecule has 0 N–H and O–H groups in total. The van der Waals surface area contributed by atoms with Crippen LogP contribution >= 0.6 is 23.5 Å². The van der Waals surface area contributed by atoms with E-state index in [4.69, 9.17) is 14.7 Å². The molecule has 192 valence electrons. The molecule has 7 aliphatic rings. The third-order valence-electron chi connectivity index (χ3n) is 10.6. The number of aromatic nitrogens is 4. The zero-order valence-corrected chi connectivity index (χ0v) is 23.4. The van der Waals surface area contributed by atoms with Gasteiger partial charge in [-0.05, 0) is 69.8 Å². The summed E-state index contributed by atoms with van der Waals surface area (Å²) in [5.74, 6) is 2.16. The molecule has 5 nitrogen and oxygen atoms in total. The molecule has 0 bridgehead atoms. The lowest BCUT2D eigenvalue weighted by Crippen LogP contribution is -2.80. The van der Waals surface area contributed by atoms with Crippen molar-refractivity contribution in [2.75, 3.05) is 0 Å². The molecule has 0 saturated carbocycles. The average molecular weight is 573 g/mol. The molecule has 0 saturated heterocycles. The van der Waals surface area contributed by atoms with Crippen LogP contribution in [0, 0.1) is 0 Å². The van der Waals surface area contributed by atoms with Gasteiger partial charge in [0.05, 0.1) is 34.1 Å². The van der Waals surface area contributed by atoms with Gasteiger partial charge in [0.2, 0.25) is 0 Å². The topological polar surface area (TPSA) is 42.8 Å². The number of hydrogen-bond acceptors (Lipinski definition) is 5. The molecule has 2 aliphatic carbocycles. The molecular formula is C35H16N4OS2+2. The summed E-state index contributed by atoms with van der Waals surface area (Å²) in [6, 6.07) is 22.5. The van der Waals surface area contributed by atoms with Gasteiger partial charge in [-0.1, -0.05) is 57.8 Å². The van der Waals surface area contributed by atoms with Gasteiger partial charge in [0.15, 0.2) is 12.4 Å². The monoisotopic (exact) mass is 572 g/mol. The summed E-state index contributed by atoms with van der Waals surface area (Å²) in [4.78, 5) is 15.3. The number of benzene rings is 4. The van der Waals surface area contributed by atoms with Crippen LogP contribution in [-0.2, 0) is 5.66 Å². The fraction of sp³-hybridized carbons (Fsp3) is 0.0857. The third-order valence-corrected chi connectivity index (χ3v) is 12.9. The molecule has 42 heavy (non-hydrogen) atoms. The first-order chi connectivity index (χ1) is 20.8. The molecule has 4 aromatic carbocycles. The van der Waals surface area contributed by atoms with Crippen molar-refractivity contribution in [3.8, 4) is 33.8 Å². The Hall–Kier alpha value is -4.46. The van der Waals surface area contributed by atoms with Crippen LogP contribution in [0.4, 0.5) is 0 Å². The lowest BCUT2D eigenvalue weighted by Gasteiger charge is -2.47. The summed E-state index contributed by atoms with van der Waals surface area (Å²) in [7, 11) is 0. The molecule has 1 spiro atoms. The number of fused-ring (bicyclic) bond motifs is 2. The van der Waals surface area contributed by atoms with Crippen molar-refractivity contribution in [1.82, 2.24) is 9.97 Å². The summed E-state index contributed by atoms with van der Waals surface area (Å²) < 4.78 is 12.0. The largest absolute Gasteiger partial charge is 0.456 e. The van der Waals surface area contributed by atoms with E-state index in [-0.39, 0.29) is 11.8 Å². The Morgan fingerprint density at radius 1 is 0.571 bits per heavy atom. The van der Waals surface area contributed by atoms with Gasteiger partial charge < -0.3 is 4.74 Å². The van der Waals surface area contributed by atoms with Crippen molar-refractivity contribution in [3.05, 3.63) is 130 Å². The summed E-state index contributed by atoms with van der Waals surface area (Å²) >= 11 is 3.80. The van der Waals surface area contributed by atoms with Gasteiger partial charge in [0.25, 0.3) is 12.7 Å². The molecule has 2 unspecified atom stereocenters. The third kappa shape index (κ3) is 1.80. The first kappa shape index (κ1) is 20.4. The van der Waals surface area contributed by atoms with E-state index in [9.17, 15) is 0 Å². The van der Waals surface area contributed by atoms with E-state index in [0.29, 0.717) is 0 Å². The number of ether oxygens (including phenoxy) is 1. The van der Waals surface area contributed by atoms with Crippen LogP contribution in [0.2, 0.25) is 0 Å². The minimum absolute atomic E-state index is 0.150. The predicted molar refractivity (Wildman–Crippen MR) is 154 cm³/mol. The van der Waals surface area contributed by atoms with Crippen molar-refractivity contribution >= 4 is 23.5 Å². The molecule has 6 aromatic rings. The van der Waals surface area contributed by atoms with Crippen molar-refractivity contribution < 1.29 is 13.9 Å². The van der Waals surface area contributed by atoms with Gasteiger partial charge >= 0.3 is 5.66 Å². The molecule has 0 amide bonds. The Bertz CT molecular complexity index is 2270. The summed E-state index contributed by atoms with van der Waals surface area (Å²) in [5, 5.41) is 0. The summed E-state index contributed by atoms with van der Waals surface area (Å²) in [6.45, 7) is 0. The standard InChI is InChI=1S/C35H16N4OS2/c1-3-15-17-11-36-13-38-33(17)29-25(15)21(5-1)41-23-9-7-19-31(27(23)29)35(38)32-20(40-19)8-10-24-28(32)30-26-16(4-2-6-22(26)42-24)18-12-37-14-39(35)34(18)30/h1-14,29-30H/q+2. The van der Waals surface area contributed by atoms with Crippen LogP contribution < -0.4 is 13.9 Å². The Labute approximate surface area is 247 Å². The van der Waals surface area contributed by atoms with Crippen LogP contribution in [0.5, 0.6) is 11.5 Å². The smallest absolute Gasteiger partial charge is 0.313 e. The highest BCUT2D eigenvalue weighted by Crippen LogP contribution is 2.67. The first-order valence-electron chi connectivity index (χ1n) is 14.3. The molecule has 2 aromatic heterocycles. The molecule has 5 aliphatic heterocycles. The summed E-state index contributed by atoms with van der Waals surface area (Å²) in [6.07, 6.45) is 8.32. The van der Waals surface area contributed by atoms with Crippen molar-refractivity contribution in [3.63, 3.8) is 0 Å².